The van der Waals surface area contributed by atoms with Crippen LogP contribution in [0.15, 0.2) is 65.5 Å². The Labute approximate surface area is 240 Å². The molecule has 5 nitrogen and oxygen atoms in total. The topological polar surface area (TPSA) is 51.5 Å². The van der Waals surface area contributed by atoms with Crippen LogP contribution in [-0.4, -0.2) is 41.7 Å². The molecule has 0 unspecified atom stereocenters. The smallest absolute Gasteiger partial charge is 0.322 e. The number of ether oxygens (including phenoxy) is 1. The summed E-state index contributed by atoms with van der Waals surface area (Å²) in [6.45, 7) is 3.27. The molecule has 0 amide bonds. The van der Waals surface area contributed by atoms with E-state index in [9.17, 15) is 14.0 Å². The van der Waals surface area contributed by atoms with Crippen LogP contribution >= 0.6 is 34.8 Å². The van der Waals surface area contributed by atoms with Crippen LogP contribution in [0.5, 0.6) is 0 Å². The molecule has 1 atom stereocenters. The lowest BCUT2D eigenvalue weighted by Crippen LogP contribution is -2.44. The van der Waals surface area contributed by atoms with E-state index in [0.717, 1.165) is 29.4 Å². The maximum Gasteiger partial charge on any atom is 0.322 e. The van der Waals surface area contributed by atoms with Crippen LogP contribution in [0, 0.1) is 5.82 Å². The fraction of sp³-hybridized carbons (Fsp3) is 0.267. The van der Waals surface area contributed by atoms with Gasteiger partial charge in [-0.15, -0.1) is 0 Å². The first kappa shape index (κ1) is 27.7. The average Bonchev–Trinajstić information content (AvgIpc) is 2.92. The fourth-order valence-electron chi connectivity index (χ4n) is 5.41. The lowest BCUT2D eigenvalue weighted by molar-refractivity contribution is -0.146. The SMILES string of the molecule is COC(=O)[C@H](C)N1CCC(c2cc(-c3ccc(F)cc3Cl)c3ccc(=O)n(-c4c(Cl)cccc4Cl)c3c2)CC1. The number of nitrogens with zero attached hydrogens (tertiary/aromatic N) is 2. The van der Waals surface area contributed by atoms with E-state index in [-0.39, 0.29) is 28.5 Å². The normalized spacial score (nSPS) is 15.4. The van der Waals surface area contributed by atoms with Crippen molar-refractivity contribution in [3.8, 4) is 16.8 Å². The number of fused-ring (bicyclic) bond motifs is 1. The number of likely N-dealkylation sites (tertiary alicyclic amines) is 1. The van der Waals surface area contributed by atoms with E-state index < -0.39 is 5.82 Å². The Hall–Kier alpha value is -2.90. The number of esters is 1. The lowest BCUT2D eigenvalue weighted by atomic mass is 9.86. The second-order valence-corrected chi connectivity index (χ2v) is 10.9. The largest absolute Gasteiger partial charge is 0.468 e. The predicted octanol–water partition coefficient (Wildman–Crippen LogP) is 7.50. The number of methoxy groups -OCH3 is 1. The van der Waals surface area contributed by atoms with E-state index in [4.69, 9.17) is 39.5 Å². The number of piperidine rings is 1. The number of rotatable bonds is 5. The van der Waals surface area contributed by atoms with Crippen molar-refractivity contribution in [1.82, 2.24) is 9.47 Å². The minimum atomic E-state index is -0.434. The molecule has 1 saturated heterocycles. The summed E-state index contributed by atoms with van der Waals surface area (Å²) >= 11 is 19.7. The van der Waals surface area contributed by atoms with Gasteiger partial charge < -0.3 is 4.74 Å². The molecule has 0 saturated carbocycles. The van der Waals surface area contributed by atoms with Crippen molar-refractivity contribution in [3.05, 3.63) is 97.5 Å². The van der Waals surface area contributed by atoms with E-state index in [1.807, 2.05) is 13.0 Å². The van der Waals surface area contributed by atoms with Crippen molar-refractivity contribution in [2.45, 2.75) is 31.7 Å². The molecule has 9 heteroatoms. The minimum Gasteiger partial charge on any atom is -0.468 e. The zero-order valence-electron chi connectivity index (χ0n) is 21.4. The van der Waals surface area contributed by atoms with Crippen LogP contribution in [0.3, 0.4) is 0 Å². The molecule has 202 valence electrons. The molecule has 0 aliphatic carbocycles. The fourth-order valence-corrected chi connectivity index (χ4v) is 6.24. The Morgan fingerprint density at radius 3 is 2.28 bits per heavy atom. The number of hydrogen-bond acceptors (Lipinski definition) is 4. The Bertz CT molecular complexity index is 1610. The Morgan fingerprint density at radius 1 is 0.949 bits per heavy atom. The molecule has 1 fully saturated rings. The third kappa shape index (κ3) is 5.31. The minimum absolute atomic E-state index is 0.152. The van der Waals surface area contributed by atoms with Crippen molar-refractivity contribution < 1.29 is 13.9 Å². The van der Waals surface area contributed by atoms with Gasteiger partial charge in [-0.05, 0) is 92.4 Å². The highest BCUT2D eigenvalue weighted by Crippen LogP contribution is 2.40. The summed E-state index contributed by atoms with van der Waals surface area (Å²) in [7, 11) is 1.40. The molecule has 3 aromatic carbocycles. The highest BCUT2D eigenvalue weighted by Gasteiger charge is 2.29. The molecule has 0 bridgehead atoms. The zero-order valence-corrected chi connectivity index (χ0v) is 23.7. The standard InChI is InChI=1S/C30H26Cl3FN2O3/c1-17(30(38)39-2)35-12-10-18(11-13-35)19-14-23(21-7-6-20(34)16-26(21)33)22-8-9-28(37)36(27(22)15-19)29-24(31)4-3-5-25(29)32/h3-9,14-18H,10-13H2,1-2H3/t17-/m0/s1. The van der Waals surface area contributed by atoms with Gasteiger partial charge in [-0.2, -0.15) is 0 Å². The van der Waals surface area contributed by atoms with Gasteiger partial charge in [-0.3, -0.25) is 19.1 Å². The first-order chi connectivity index (χ1) is 18.7. The quantitative estimate of drug-likeness (QED) is 0.227. The van der Waals surface area contributed by atoms with Crippen molar-refractivity contribution >= 4 is 51.7 Å². The van der Waals surface area contributed by atoms with Crippen molar-refractivity contribution in [2.24, 2.45) is 0 Å². The molecule has 0 N–H and O–H groups in total. The van der Waals surface area contributed by atoms with Gasteiger partial charge in [-0.25, -0.2) is 4.39 Å². The van der Waals surface area contributed by atoms with E-state index in [2.05, 4.69) is 11.0 Å². The van der Waals surface area contributed by atoms with Crippen LogP contribution in [-0.2, 0) is 9.53 Å². The summed E-state index contributed by atoms with van der Waals surface area (Å²) in [5.41, 5.74) is 3.16. The number of pyridine rings is 1. The molecule has 2 heterocycles. The Balaban J connectivity index is 1.70. The summed E-state index contributed by atoms with van der Waals surface area (Å²) in [5, 5.41) is 1.70. The van der Waals surface area contributed by atoms with Crippen molar-refractivity contribution in [3.63, 3.8) is 0 Å². The van der Waals surface area contributed by atoms with Gasteiger partial charge in [0, 0.05) is 17.0 Å². The van der Waals surface area contributed by atoms with Gasteiger partial charge in [0.2, 0.25) is 0 Å². The molecular formula is C30H26Cl3FN2O3. The third-order valence-electron chi connectivity index (χ3n) is 7.51. The maximum atomic E-state index is 14.0. The molecule has 39 heavy (non-hydrogen) atoms. The second-order valence-electron chi connectivity index (χ2n) is 9.71. The van der Waals surface area contributed by atoms with E-state index in [1.54, 1.807) is 30.3 Å². The molecule has 1 aliphatic rings. The zero-order chi connectivity index (χ0) is 27.8. The molecule has 5 rings (SSSR count). The number of para-hydroxylation sites is 1. The van der Waals surface area contributed by atoms with Gasteiger partial charge in [0.1, 0.15) is 11.9 Å². The number of carbonyl (C=O) groups excluding carboxylic acids is 1. The summed E-state index contributed by atoms with van der Waals surface area (Å²) < 4.78 is 20.4. The number of carbonyl (C=O) groups is 1. The summed E-state index contributed by atoms with van der Waals surface area (Å²) in [6.07, 6.45) is 1.60. The molecule has 4 aromatic rings. The van der Waals surface area contributed by atoms with E-state index in [0.29, 0.717) is 39.9 Å². The second kappa shape index (κ2) is 11.3. The maximum absolute atomic E-state index is 14.0. The number of halogens is 4. The monoisotopic (exact) mass is 586 g/mol. The van der Waals surface area contributed by atoms with Crippen molar-refractivity contribution in [2.75, 3.05) is 20.2 Å². The molecule has 0 spiro atoms. The average molecular weight is 588 g/mol. The third-order valence-corrected chi connectivity index (χ3v) is 8.43. The van der Waals surface area contributed by atoms with Crippen LogP contribution in [0.4, 0.5) is 4.39 Å². The predicted molar refractivity (Wildman–Crippen MR) is 155 cm³/mol. The number of aromatic nitrogens is 1. The van der Waals surface area contributed by atoms with Gasteiger partial charge in [0.25, 0.3) is 5.56 Å². The van der Waals surface area contributed by atoms with Crippen LogP contribution in [0.1, 0.15) is 31.2 Å². The van der Waals surface area contributed by atoms with Gasteiger partial charge in [0.15, 0.2) is 0 Å². The van der Waals surface area contributed by atoms with Gasteiger partial charge in [0.05, 0.1) is 33.4 Å². The van der Waals surface area contributed by atoms with Gasteiger partial charge >= 0.3 is 5.97 Å². The number of benzene rings is 3. The molecular weight excluding hydrogens is 562 g/mol. The molecule has 1 aliphatic heterocycles. The van der Waals surface area contributed by atoms with Gasteiger partial charge in [-0.1, -0.05) is 46.9 Å². The highest BCUT2D eigenvalue weighted by atomic mass is 35.5. The number of hydrogen-bond donors (Lipinski definition) is 0. The molecule has 0 radical (unpaired) electrons. The van der Waals surface area contributed by atoms with Crippen LogP contribution in [0.25, 0.3) is 27.7 Å². The Kier molecular flexibility index (Phi) is 8.01. The summed E-state index contributed by atoms with van der Waals surface area (Å²) in [4.78, 5) is 27.5. The highest BCUT2D eigenvalue weighted by molar-refractivity contribution is 6.38. The van der Waals surface area contributed by atoms with Crippen LogP contribution in [0.2, 0.25) is 15.1 Å². The first-order valence-corrected chi connectivity index (χ1v) is 13.7. The Morgan fingerprint density at radius 2 is 1.64 bits per heavy atom. The summed E-state index contributed by atoms with van der Waals surface area (Å²) in [5.74, 6) is -0.539. The van der Waals surface area contributed by atoms with E-state index >= 15 is 0 Å². The first-order valence-electron chi connectivity index (χ1n) is 12.6. The molecule has 1 aromatic heterocycles. The van der Waals surface area contributed by atoms with Crippen molar-refractivity contribution in [1.29, 1.82) is 0 Å². The van der Waals surface area contributed by atoms with E-state index in [1.165, 1.54) is 29.9 Å². The summed E-state index contributed by atoms with van der Waals surface area (Å²) in [6, 6.07) is 16.4. The lowest BCUT2D eigenvalue weighted by Gasteiger charge is -2.35. The van der Waals surface area contributed by atoms with Crippen LogP contribution < -0.4 is 5.56 Å².